The molecule has 1 atom stereocenters. The largest absolute Gasteiger partial charge is 0.330 e. The maximum atomic E-state index is 12.2. The number of hydrogen-bond acceptors (Lipinski definition) is 4. The van der Waals surface area contributed by atoms with Crippen LogP contribution in [0.25, 0.3) is 0 Å². The first-order valence-electron chi connectivity index (χ1n) is 6.48. The Morgan fingerprint density at radius 3 is 2.79 bits per heavy atom. The summed E-state index contributed by atoms with van der Waals surface area (Å²) in [5.41, 5.74) is 5.41. The Labute approximate surface area is 120 Å². The molecule has 0 amide bonds. The highest BCUT2D eigenvalue weighted by Gasteiger charge is 2.23. The molecule has 3 N–H and O–H groups in total. The van der Waals surface area contributed by atoms with Crippen molar-refractivity contribution >= 4 is 21.5 Å². The normalized spacial score (nSPS) is 13.9. The van der Waals surface area contributed by atoms with E-state index in [1.54, 1.807) is 18.4 Å². The van der Waals surface area contributed by atoms with Gasteiger partial charge in [0.05, 0.1) is 6.04 Å². The molecule has 19 heavy (non-hydrogen) atoms. The van der Waals surface area contributed by atoms with Gasteiger partial charge in [0.25, 0.3) is 10.2 Å². The van der Waals surface area contributed by atoms with Crippen LogP contribution in [0.2, 0.25) is 0 Å². The number of rotatable bonds is 9. The molecule has 5 nitrogen and oxygen atoms in total. The van der Waals surface area contributed by atoms with Gasteiger partial charge in [0.2, 0.25) is 0 Å². The minimum atomic E-state index is -3.45. The van der Waals surface area contributed by atoms with Gasteiger partial charge in [-0.2, -0.15) is 17.4 Å². The molecule has 0 aliphatic carbocycles. The summed E-state index contributed by atoms with van der Waals surface area (Å²) in [6.07, 6.45) is 2.39. The van der Waals surface area contributed by atoms with Crippen molar-refractivity contribution < 1.29 is 8.42 Å². The SMILES string of the molecule is CCCC(NS(=O)(=O)N(C)CCCN)c1cccs1. The molecule has 0 bridgehead atoms. The van der Waals surface area contributed by atoms with E-state index in [2.05, 4.69) is 4.72 Å². The minimum absolute atomic E-state index is 0.143. The van der Waals surface area contributed by atoms with Gasteiger partial charge in [-0.05, 0) is 30.8 Å². The standard InChI is InChI=1S/C12H23N3O2S2/c1-3-6-11(12-7-4-10-18-12)14-19(16,17)15(2)9-5-8-13/h4,7,10-11,14H,3,5-6,8-9,13H2,1-2H3. The molecule has 110 valence electrons. The highest BCUT2D eigenvalue weighted by atomic mass is 32.2. The monoisotopic (exact) mass is 305 g/mol. The fourth-order valence-corrected chi connectivity index (χ4v) is 3.78. The molecule has 1 rings (SSSR count). The quantitative estimate of drug-likeness (QED) is 0.729. The Morgan fingerprint density at radius 1 is 1.53 bits per heavy atom. The van der Waals surface area contributed by atoms with Crippen LogP contribution >= 0.6 is 11.3 Å². The van der Waals surface area contributed by atoms with Crippen molar-refractivity contribution in [1.29, 1.82) is 0 Å². The van der Waals surface area contributed by atoms with Crippen LogP contribution in [0, 0.1) is 0 Å². The molecule has 0 aliphatic heterocycles. The van der Waals surface area contributed by atoms with E-state index in [9.17, 15) is 8.42 Å². The van der Waals surface area contributed by atoms with Crippen molar-refractivity contribution in [2.75, 3.05) is 20.1 Å². The van der Waals surface area contributed by atoms with E-state index < -0.39 is 10.2 Å². The molecule has 0 radical (unpaired) electrons. The van der Waals surface area contributed by atoms with Crippen LogP contribution in [-0.2, 0) is 10.2 Å². The summed E-state index contributed by atoms with van der Waals surface area (Å²) in [6.45, 7) is 2.98. The van der Waals surface area contributed by atoms with Gasteiger partial charge >= 0.3 is 0 Å². The first-order valence-corrected chi connectivity index (χ1v) is 8.80. The number of thiophene rings is 1. The maximum Gasteiger partial charge on any atom is 0.279 e. The Balaban J connectivity index is 2.72. The summed E-state index contributed by atoms with van der Waals surface area (Å²) >= 11 is 1.58. The Morgan fingerprint density at radius 2 is 2.26 bits per heavy atom. The summed E-state index contributed by atoms with van der Waals surface area (Å²) < 4.78 is 28.5. The fourth-order valence-electron chi connectivity index (χ4n) is 1.74. The number of nitrogens with two attached hydrogens (primary N) is 1. The Kier molecular flexibility index (Phi) is 6.95. The maximum absolute atomic E-state index is 12.2. The average Bonchev–Trinajstić information content (AvgIpc) is 2.88. The lowest BCUT2D eigenvalue weighted by Crippen LogP contribution is -2.40. The summed E-state index contributed by atoms with van der Waals surface area (Å²) in [6, 6.07) is 3.76. The van der Waals surface area contributed by atoms with Gasteiger partial charge in [0, 0.05) is 18.5 Å². The summed E-state index contributed by atoms with van der Waals surface area (Å²) in [4.78, 5) is 1.05. The van der Waals surface area contributed by atoms with Crippen molar-refractivity contribution in [2.24, 2.45) is 5.73 Å². The highest BCUT2D eigenvalue weighted by Crippen LogP contribution is 2.24. The first-order chi connectivity index (χ1) is 9.01. The molecule has 1 unspecified atom stereocenters. The third-order valence-electron chi connectivity index (χ3n) is 2.84. The summed E-state index contributed by atoms with van der Waals surface area (Å²) in [5, 5.41) is 1.96. The summed E-state index contributed by atoms with van der Waals surface area (Å²) in [7, 11) is -1.87. The molecular formula is C12H23N3O2S2. The van der Waals surface area contributed by atoms with Crippen LogP contribution in [0.15, 0.2) is 17.5 Å². The van der Waals surface area contributed by atoms with E-state index in [0.717, 1.165) is 17.7 Å². The molecule has 0 spiro atoms. The van der Waals surface area contributed by atoms with Crippen molar-refractivity contribution in [2.45, 2.75) is 32.2 Å². The van der Waals surface area contributed by atoms with Crippen LogP contribution in [0.4, 0.5) is 0 Å². The second-order valence-corrected chi connectivity index (χ2v) is 7.23. The zero-order valence-corrected chi connectivity index (χ0v) is 13.1. The first kappa shape index (κ1) is 16.6. The van der Waals surface area contributed by atoms with E-state index in [1.165, 1.54) is 4.31 Å². The lowest BCUT2D eigenvalue weighted by atomic mass is 10.1. The zero-order valence-electron chi connectivity index (χ0n) is 11.5. The zero-order chi connectivity index (χ0) is 14.3. The second kappa shape index (κ2) is 7.96. The van der Waals surface area contributed by atoms with Gasteiger partial charge in [-0.1, -0.05) is 19.4 Å². The molecule has 0 fully saturated rings. The number of nitrogens with zero attached hydrogens (tertiary/aromatic N) is 1. The second-order valence-electron chi connectivity index (χ2n) is 4.44. The van der Waals surface area contributed by atoms with E-state index in [4.69, 9.17) is 5.73 Å². The molecular weight excluding hydrogens is 282 g/mol. The van der Waals surface area contributed by atoms with E-state index >= 15 is 0 Å². The number of nitrogens with one attached hydrogen (secondary N) is 1. The number of hydrogen-bond donors (Lipinski definition) is 2. The fraction of sp³-hybridized carbons (Fsp3) is 0.667. The Bertz CT molecular complexity index is 446. The van der Waals surface area contributed by atoms with Crippen LogP contribution in [0.3, 0.4) is 0 Å². The van der Waals surface area contributed by atoms with Crippen LogP contribution in [0.5, 0.6) is 0 Å². The van der Waals surface area contributed by atoms with Gasteiger partial charge < -0.3 is 5.73 Å². The topological polar surface area (TPSA) is 75.4 Å². The van der Waals surface area contributed by atoms with Crippen molar-refractivity contribution in [3.05, 3.63) is 22.4 Å². The van der Waals surface area contributed by atoms with E-state index in [1.807, 2.05) is 24.4 Å². The molecule has 0 aromatic carbocycles. The lowest BCUT2D eigenvalue weighted by Gasteiger charge is -2.22. The van der Waals surface area contributed by atoms with Crippen molar-refractivity contribution in [3.8, 4) is 0 Å². The Hall–Kier alpha value is -0.470. The molecule has 0 saturated heterocycles. The molecule has 0 aliphatic rings. The van der Waals surface area contributed by atoms with Gasteiger partial charge in [0.15, 0.2) is 0 Å². The van der Waals surface area contributed by atoms with Gasteiger partial charge in [-0.25, -0.2) is 0 Å². The third kappa shape index (κ3) is 5.19. The molecule has 1 heterocycles. The molecule has 1 aromatic rings. The molecule has 7 heteroatoms. The van der Waals surface area contributed by atoms with Gasteiger partial charge in [0.1, 0.15) is 0 Å². The van der Waals surface area contributed by atoms with Crippen LogP contribution < -0.4 is 10.5 Å². The predicted octanol–water partition coefficient (Wildman–Crippen LogP) is 1.70. The highest BCUT2D eigenvalue weighted by molar-refractivity contribution is 7.87. The van der Waals surface area contributed by atoms with Gasteiger partial charge in [-0.3, -0.25) is 0 Å². The van der Waals surface area contributed by atoms with E-state index in [-0.39, 0.29) is 6.04 Å². The van der Waals surface area contributed by atoms with E-state index in [0.29, 0.717) is 19.5 Å². The third-order valence-corrected chi connectivity index (χ3v) is 5.41. The lowest BCUT2D eigenvalue weighted by molar-refractivity contribution is 0.439. The minimum Gasteiger partial charge on any atom is -0.330 e. The van der Waals surface area contributed by atoms with Crippen LogP contribution in [0.1, 0.15) is 37.1 Å². The van der Waals surface area contributed by atoms with Crippen LogP contribution in [-0.4, -0.2) is 32.9 Å². The average molecular weight is 305 g/mol. The smallest absolute Gasteiger partial charge is 0.279 e. The predicted molar refractivity (Wildman–Crippen MR) is 80.3 cm³/mol. The molecule has 0 saturated carbocycles. The molecule has 1 aromatic heterocycles. The summed E-state index contributed by atoms with van der Waals surface area (Å²) in [5.74, 6) is 0. The van der Waals surface area contributed by atoms with Gasteiger partial charge in [-0.15, -0.1) is 11.3 Å². The van der Waals surface area contributed by atoms with Crippen molar-refractivity contribution in [1.82, 2.24) is 9.03 Å². The van der Waals surface area contributed by atoms with Crippen molar-refractivity contribution in [3.63, 3.8) is 0 Å².